The van der Waals surface area contributed by atoms with Gasteiger partial charge in [0.1, 0.15) is 4.60 Å². The summed E-state index contributed by atoms with van der Waals surface area (Å²) >= 11 is 3.24. The molecule has 20 heavy (non-hydrogen) atoms. The molecule has 5 nitrogen and oxygen atoms in total. The van der Waals surface area contributed by atoms with Crippen molar-refractivity contribution < 1.29 is 14.7 Å². The molecule has 108 valence electrons. The molecule has 1 aromatic rings. The van der Waals surface area contributed by atoms with E-state index in [1.54, 1.807) is 18.3 Å². The van der Waals surface area contributed by atoms with Gasteiger partial charge in [-0.15, -0.1) is 0 Å². The molecule has 0 bridgehead atoms. The van der Waals surface area contributed by atoms with Gasteiger partial charge in [0.25, 0.3) is 5.91 Å². The summed E-state index contributed by atoms with van der Waals surface area (Å²) in [6.45, 7) is 1.39. The van der Waals surface area contributed by atoms with E-state index in [1.807, 2.05) is 4.90 Å². The Morgan fingerprint density at radius 2 is 2.05 bits per heavy atom. The number of nitrogens with zero attached hydrogens (tertiary/aromatic N) is 2. The van der Waals surface area contributed by atoms with E-state index in [1.165, 1.54) is 0 Å². The molecule has 1 aromatic heterocycles. The molecule has 6 heteroatoms. The molecule has 2 rings (SSSR count). The Morgan fingerprint density at radius 3 is 2.60 bits per heavy atom. The lowest BCUT2D eigenvalue weighted by Gasteiger charge is -2.31. The van der Waals surface area contributed by atoms with E-state index >= 15 is 0 Å². The van der Waals surface area contributed by atoms with Crippen LogP contribution in [0.1, 0.15) is 36.0 Å². The summed E-state index contributed by atoms with van der Waals surface area (Å²) < 4.78 is 0.710. The van der Waals surface area contributed by atoms with Gasteiger partial charge in [-0.05, 0) is 53.2 Å². The molecule has 0 aromatic carbocycles. The van der Waals surface area contributed by atoms with E-state index < -0.39 is 5.97 Å². The minimum absolute atomic E-state index is 0.00156. The Morgan fingerprint density at radius 1 is 1.35 bits per heavy atom. The van der Waals surface area contributed by atoms with Crippen LogP contribution in [0.25, 0.3) is 0 Å². The predicted molar refractivity (Wildman–Crippen MR) is 77.4 cm³/mol. The topological polar surface area (TPSA) is 70.5 Å². The zero-order chi connectivity index (χ0) is 14.5. The average molecular weight is 341 g/mol. The molecule has 0 radical (unpaired) electrons. The highest BCUT2D eigenvalue weighted by molar-refractivity contribution is 9.10. The first-order valence-electron chi connectivity index (χ1n) is 6.69. The molecular weight excluding hydrogens is 324 g/mol. The van der Waals surface area contributed by atoms with Gasteiger partial charge in [0.05, 0.1) is 5.56 Å². The number of carbonyl (C=O) groups excluding carboxylic acids is 1. The maximum atomic E-state index is 12.3. The zero-order valence-corrected chi connectivity index (χ0v) is 12.7. The van der Waals surface area contributed by atoms with Crippen LogP contribution in [0.3, 0.4) is 0 Å². The fourth-order valence-corrected chi connectivity index (χ4v) is 2.67. The van der Waals surface area contributed by atoms with E-state index in [0.29, 0.717) is 35.6 Å². The number of carboxylic acids is 1. The van der Waals surface area contributed by atoms with Gasteiger partial charge >= 0.3 is 5.97 Å². The third-order valence-electron chi connectivity index (χ3n) is 3.64. The van der Waals surface area contributed by atoms with E-state index in [2.05, 4.69) is 20.9 Å². The maximum absolute atomic E-state index is 12.3. The van der Waals surface area contributed by atoms with Crippen molar-refractivity contribution in [2.24, 2.45) is 5.92 Å². The molecule has 0 saturated carbocycles. The Labute approximate surface area is 126 Å². The van der Waals surface area contributed by atoms with E-state index in [4.69, 9.17) is 5.11 Å². The molecule has 1 aliphatic rings. The van der Waals surface area contributed by atoms with Crippen molar-refractivity contribution in [3.8, 4) is 0 Å². The number of aliphatic carboxylic acids is 1. The number of hydrogen-bond acceptors (Lipinski definition) is 3. The molecule has 1 N–H and O–H groups in total. The molecule has 1 fully saturated rings. The summed E-state index contributed by atoms with van der Waals surface area (Å²) in [5, 5.41) is 8.68. The van der Waals surface area contributed by atoms with Gasteiger partial charge in [-0.3, -0.25) is 9.59 Å². The van der Waals surface area contributed by atoms with Crippen LogP contribution in [-0.2, 0) is 4.79 Å². The molecule has 1 saturated heterocycles. The molecule has 2 heterocycles. The van der Waals surface area contributed by atoms with Crippen molar-refractivity contribution >= 4 is 27.8 Å². The van der Waals surface area contributed by atoms with Crippen LogP contribution >= 0.6 is 15.9 Å². The first-order chi connectivity index (χ1) is 9.56. The highest BCUT2D eigenvalue weighted by Gasteiger charge is 2.24. The van der Waals surface area contributed by atoms with Gasteiger partial charge in [-0.1, -0.05) is 0 Å². The average Bonchev–Trinajstić information content (AvgIpc) is 2.46. The van der Waals surface area contributed by atoms with Gasteiger partial charge in [0.2, 0.25) is 0 Å². The van der Waals surface area contributed by atoms with Gasteiger partial charge in [0, 0.05) is 25.7 Å². The first kappa shape index (κ1) is 15.0. The number of carboxylic acid groups (broad SMARTS) is 1. The Kier molecular flexibility index (Phi) is 5.11. The van der Waals surface area contributed by atoms with Crippen LogP contribution in [0.2, 0.25) is 0 Å². The first-order valence-corrected chi connectivity index (χ1v) is 7.48. The molecule has 1 aliphatic heterocycles. The number of halogens is 1. The zero-order valence-electron chi connectivity index (χ0n) is 11.1. The lowest BCUT2D eigenvalue weighted by Crippen LogP contribution is -2.38. The summed E-state index contributed by atoms with van der Waals surface area (Å²) in [7, 11) is 0. The lowest BCUT2D eigenvalue weighted by atomic mass is 9.92. The number of carbonyl (C=O) groups is 2. The van der Waals surface area contributed by atoms with Crippen molar-refractivity contribution in [1.82, 2.24) is 9.88 Å². The summed E-state index contributed by atoms with van der Waals surface area (Å²) in [4.78, 5) is 28.7. The maximum Gasteiger partial charge on any atom is 0.303 e. The largest absolute Gasteiger partial charge is 0.481 e. The minimum atomic E-state index is -0.746. The molecule has 0 unspecified atom stereocenters. The van der Waals surface area contributed by atoms with Crippen molar-refractivity contribution in [1.29, 1.82) is 0 Å². The van der Waals surface area contributed by atoms with Crippen LogP contribution in [0.5, 0.6) is 0 Å². The number of hydrogen-bond donors (Lipinski definition) is 1. The Balaban J connectivity index is 1.85. The summed E-state index contributed by atoms with van der Waals surface area (Å²) in [6.07, 6.45) is 4.25. The van der Waals surface area contributed by atoms with Gasteiger partial charge in [-0.25, -0.2) is 4.98 Å². The second-order valence-corrected chi connectivity index (χ2v) is 5.85. The van der Waals surface area contributed by atoms with Gasteiger partial charge in [-0.2, -0.15) is 0 Å². The highest BCUT2D eigenvalue weighted by atomic mass is 79.9. The smallest absolute Gasteiger partial charge is 0.303 e. The molecule has 0 atom stereocenters. The fraction of sp³-hybridized carbons (Fsp3) is 0.500. The second-order valence-electron chi connectivity index (χ2n) is 5.04. The molecular formula is C14H17BrN2O3. The van der Waals surface area contributed by atoms with Gasteiger partial charge < -0.3 is 10.0 Å². The van der Waals surface area contributed by atoms with Crippen LogP contribution < -0.4 is 0 Å². The number of likely N-dealkylation sites (tertiary alicyclic amines) is 1. The summed E-state index contributed by atoms with van der Waals surface area (Å²) in [6, 6.07) is 3.52. The normalized spacial score (nSPS) is 16.1. The van der Waals surface area contributed by atoms with E-state index in [-0.39, 0.29) is 12.3 Å². The monoisotopic (exact) mass is 340 g/mol. The minimum Gasteiger partial charge on any atom is -0.481 e. The van der Waals surface area contributed by atoms with Crippen molar-refractivity contribution in [2.75, 3.05) is 13.1 Å². The fourth-order valence-electron chi connectivity index (χ4n) is 2.44. The number of amides is 1. The van der Waals surface area contributed by atoms with Crippen LogP contribution in [0.15, 0.2) is 22.9 Å². The quantitative estimate of drug-likeness (QED) is 0.855. The number of aromatic nitrogens is 1. The number of piperidine rings is 1. The molecule has 0 aliphatic carbocycles. The molecule has 0 spiro atoms. The van der Waals surface area contributed by atoms with E-state index in [0.717, 1.165) is 12.8 Å². The third-order valence-corrected chi connectivity index (χ3v) is 4.11. The summed E-state index contributed by atoms with van der Waals surface area (Å²) in [5.41, 5.74) is 0.595. The highest BCUT2D eigenvalue weighted by Crippen LogP contribution is 2.23. The van der Waals surface area contributed by atoms with Crippen molar-refractivity contribution in [3.05, 3.63) is 28.5 Å². The number of pyridine rings is 1. The standard InChI is InChI=1S/C14H17BrN2O3/c15-12-3-2-11(9-16-12)14(20)17-7-5-10(6-8-17)1-4-13(18)19/h2-3,9-10H,1,4-8H2,(H,18,19). The lowest BCUT2D eigenvalue weighted by molar-refractivity contribution is -0.137. The van der Waals surface area contributed by atoms with Crippen LogP contribution in [-0.4, -0.2) is 40.0 Å². The van der Waals surface area contributed by atoms with Gasteiger partial charge in [0.15, 0.2) is 0 Å². The Hall–Kier alpha value is -1.43. The van der Waals surface area contributed by atoms with Crippen molar-refractivity contribution in [3.63, 3.8) is 0 Å². The SMILES string of the molecule is O=C(O)CCC1CCN(C(=O)c2ccc(Br)nc2)CC1. The summed E-state index contributed by atoms with van der Waals surface area (Å²) in [5.74, 6) is -0.329. The van der Waals surface area contributed by atoms with Crippen LogP contribution in [0, 0.1) is 5.92 Å². The molecule has 1 amide bonds. The Bertz CT molecular complexity index is 482. The second kappa shape index (κ2) is 6.83. The van der Waals surface area contributed by atoms with Crippen molar-refractivity contribution in [2.45, 2.75) is 25.7 Å². The van der Waals surface area contributed by atoms with Crippen LogP contribution in [0.4, 0.5) is 0 Å². The number of rotatable bonds is 4. The van der Waals surface area contributed by atoms with E-state index in [9.17, 15) is 9.59 Å². The third kappa shape index (κ3) is 4.03. The predicted octanol–water partition coefficient (Wildman–Crippen LogP) is 2.56.